The summed E-state index contributed by atoms with van der Waals surface area (Å²) in [5, 5.41) is 11.4. The van der Waals surface area contributed by atoms with Crippen LogP contribution in [-0.4, -0.2) is 19.9 Å². The Balaban J connectivity index is 2.02. The summed E-state index contributed by atoms with van der Waals surface area (Å²) < 4.78 is 1.91. The maximum absolute atomic E-state index is 11.8. The molecule has 0 saturated heterocycles. The topological polar surface area (TPSA) is 70.9 Å². The Morgan fingerprint density at radius 1 is 1.04 bits per heavy atom. The molecule has 2 N–H and O–H groups in total. The van der Waals surface area contributed by atoms with E-state index in [-0.39, 0.29) is 5.56 Å². The third kappa shape index (κ3) is 3.29. The molecular formula is C20H13BrClN3O2. The standard InChI is InChI=1S/C20H13BrClN3O2/c21-14-7-5-12(6-8-14)18-19(13-9-10-23-17(26)11-13)25(27)20(24-18)15-3-1-2-4-16(15)22/h1-11,27H,(H,23,26). The number of hydrogen-bond donors (Lipinski definition) is 2. The zero-order valence-electron chi connectivity index (χ0n) is 13.9. The Hall–Kier alpha value is -2.83. The number of rotatable bonds is 3. The lowest BCUT2D eigenvalue weighted by Crippen LogP contribution is -2.04. The summed E-state index contributed by atoms with van der Waals surface area (Å²) in [5.74, 6) is 0.300. The van der Waals surface area contributed by atoms with Gasteiger partial charge in [0.25, 0.3) is 0 Å². The number of pyridine rings is 1. The van der Waals surface area contributed by atoms with Crippen LogP contribution in [0, 0.1) is 0 Å². The van der Waals surface area contributed by atoms with Gasteiger partial charge in [-0.1, -0.05) is 51.8 Å². The third-order valence-electron chi connectivity index (χ3n) is 4.14. The van der Waals surface area contributed by atoms with Crippen LogP contribution in [-0.2, 0) is 0 Å². The number of H-pyrrole nitrogens is 1. The molecule has 4 rings (SSSR count). The van der Waals surface area contributed by atoms with Crippen LogP contribution in [0.5, 0.6) is 0 Å². The monoisotopic (exact) mass is 441 g/mol. The van der Waals surface area contributed by atoms with Crippen molar-refractivity contribution in [3.8, 4) is 33.9 Å². The number of nitrogens with zero attached hydrogens (tertiary/aromatic N) is 2. The van der Waals surface area contributed by atoms with Gasteiger partial charge >= 0.3 is 0 Å². The van der Waals surface area contributed by atoms with Gasteiger partial charge in [0.2, 0.25) is 5.56 Å². The molecule has 0 amide bonds. The Kier molecular flexibility index (Phi) is 4.59. The molecule has 0 bridgehead atoms. The van der Waals surface area contributed by atoms with Crippen molar-refractivity contribution in [1.82, 2.24) is 14.7 Å². The fourth-order valence-corrected chi connectivity index (χ4v) is 3.37. The van der Waals surface area contributed by atoms with Gasteiger partial charge in [-0.2, -0.15) is 4.73 Å². The van der Waals surface area contributed by atoms with Crippen LogP contribution in [0.25, 0.3) is 33.9 Å². The quantitative estimate of drug-likeness (QED) is 0.427. The number of aromatic amines is 1. The minimum atomic E-state index is -0.269. The van der Waals surface area contributed by atoms with E-state index in [0.717, 1.165) is 14.8 Å². The highest BCUT2D eigenvalue weighted by molar-refractivity contribution is 9.10. The Morgan fingerprint density at radius 3 is 2.48 bits per heavy atom. The van der Waals surface area contributed by atoms with E-state index < -0.39 is 0 Å². The van der Waals surface area contributed by atoms with Gasteiger partial charge in [0.15, 0.2) is 5.82 Å². The maximum Gasteiger partial charge on any atom is 0.248 e. The van der Waals surface area contributed by atoms with E-state index in [9.17, 15) is 10.0 Å². The molecule has 0 fully saturated rings. The second-order valence-corrected chi connectivity index (χ2v) is 7.20. The molecule has 27 heavy (non-hydrogen) atoms. The molecule has 7 heteroatoms. The first-order valence-electron chi connectivity index (χ1n) is 8.06. The molecule has 2 aromatic carbocycles. The normalized spacial score (nSPS) is 10.9. The van der Waals surface area contributed by atoms with Crippen LogP contribution < -0.4 is 5.56 Å². The van der Waals surface area contributed by atoms with Crippen LogP contribution >= 0.6 is 27.5 Å². The van der Waals surface area contributed by atoms with E-state index >= 15 is 0 Å². The molecule has 134 valence electrons. The predicted molar refractivity (Wildman–Crippen MR) is 109 cm³/mol. The van der Waals surface area contributed by atoms with Crippen molar-refractivity contribution >= 4 is 27.5 Å². The average Bonchev–Trinajstić information content (AvgIpc) is 3.00. The molecular weight excluding hydrogens is 430 g/mol. The van der Waals surface area contributed by atoms with Gasteiger partial charge in [0, 0.05) is 33.4 Å². The van der Waals surface area contributed by atoms with Crippen molar-refractivity contribution in [1.29, 1.82) is 0 Å². The maximum atomic E-state index is 11.8. The first kappa shape index (κ1) is 17.6. The zero-order chi connectivity index (χ0) is 19.0. The third-order valence-corrected chi connectivity index (χ3v) is 4.99. The van der Waals surface area contributed by atoms with Crippen molar-refractivity contribution < 1.29 is 5.21 Å². The molecule has 0 radical (unpaired) electrons. The largest absolute Gasteiger partial charge is 0.426 e. The summed E-state index contributed by atoms with van der Waals surface area (Å²) in [5.41, 5.74) is 2.63. The number of imidazole rings is 1. The molecule has 2 aromatic heterocycles. The lowest BCUT2D eigenvalue weighted by Gasteiger charge is -2.07. The average molecular weight is 443 g/mol. The predicted octanol–water partition coefficient (Wildman–Crippen LogP) is 5.23. The number of nitrogens with one attached hydrogen (secondary N) is 1. The highest BCUT2D eigenvalue weighted by atomic mass is 79.9. The molecule has 0 aliphatic heterocycles. The summed E-state index contributed by atoms with van der Waals surface area (Å²) in [4.78, 5) is 19.0. The van der Waals surface area contributed by atoms with Crippen molar-refractivity contribution in [3.05, 3.63) is 86.7 Å². The van der Waals surface area contributed by atoms with Crippen LogP contribution in [0.15, 0.2) is 76.1 Å². The number of hydrogen-bond acceptors (Lipinski definition) is 3. The van der Waals surface area contributed by atoms with Gasteiger partial charge in [-0.25, -0.2) is 4.98 Å². The van der Waals surface area contributed by atoms with Crippen molar-refractivity contribution in [2.75, 3.05) is 0 Å². The molecule has 0 saturated carbocycles. The Bertz CT molecular complexity index is 1180. The van der Waals surface area contributed by atoms with E-state index in [1.54, 1.807) is 18.2 Å². The summed E-state index contributed by atoms with van der Waals surface area (Å²) >= 11 is 9.72. The van der Waals surface area contributed by atoms with Crippen molar-refractivity contribution in [3.63, 3.8) is 0 Å². The van der Waals surface area contributed by atoms with E-state index in [1.165, 1.54) is 12.3 Å². The molecule has 4 aromatic rings. The lowest BCUT2D eigenvalue weighted by atomic mass is 10.1. The van der Waals surface area contributed by atoms with Gasteiger partial charge in [-0.3, -0.25) is 4.79 Å². The zero-order valence-corrected chi connectivity index (χ0v) is 16.2. The molecule has 0 spiro atoms. The second kappa shape index (κ2) is 7.06. The van der Waals surface area contributed by atoms with Gasteiger partial charge in [0.05, 0.1) is 5.02 Å². The van der Waals surface area contributed by atoms with E-state index in [1.807, 2.05) is 36.4 Å². The van der Waals surface area contributed by atoms with Gasteiger partial charge in [-0.15, -0.1) is 0 Å². The lowest BCUT2D eigenvalue weighted by molar-refractivity contribution is 0.195. The van der Waals surface area contributed by atoms with E-state index in [4.69, 9.17) is 11.6 Å². The summed E-state index contributed by atoms with van der Waals surface area (Å²) in [6.07, 6.45) is 1.53. The molecule has 0 atom stereocenters. The van der Waals surface area contributed by atoms with Gasteiger partial charge in [-0.05, 0) is 30.3 Å². The number of benzene rings is 2. The molecule has 2 heterocycles. The van der Waals surface area contributed by atoms with E-state index in [0.29, 0.717) is 33.4 Å². The fourth-order valence-electron chi connectivity index (χ4n) is 2.89. The van der Waals surface area contributed by atoms with Crippen LogP contribution in [0.3, 0.4) is 0 Å². The molecule has 5 nitrogen and oxygen atoms in total. The van der Waals surface area contributed by atoms with Crippen molar-refractivity contribution in [2.45, 2.75) is 0 Å². The molecule has 0 aliphatic carbocycles. The molecule has 0 unspecified atom stereocenters. The second-order valence-electron chi connectivity index (χ2n) is 5.87. The summed E-state index contributed by atoms with van der Waals surface area (Å²) in [6.45, 7) is 0. The SMILES string of the molecule is O=c1cc(-c2c(-c3ccc(Br)cc3)nc(-c3ccccc3Cl)n2O)cc[nH]1. The minimum Gasteiger partial charge on any atom is -0.426 e. The first-order chi connectivity index (χ1) is 13.0. The fraction of sp³-hybridized carbons (Fsp3) is 0. The summed E-state index contributed by atoms with van der Waals surface area (Å²) in [7, 11) is 0. The Labute approximate surface area is 168 Å². The minimum absolute atomic E-state index is 0.269. The van der Waals surface area contributed by atoms with Gasteiger partial charge < -0.3 is 10.2 Å². The van der Waals surface area contributed by atoms with E-state index in [2.05, 4.69) is 25.9 Å². The smallest absolute Gasteiger partial charge is 0.248 e. The van der Waals surface area contributed by atoms with Gasteiger partial charge in [0.1, 0.15) is 11.4 Å². The summed E-state index contributed by atoms with van der Waals surface area (Å²) in [6, 6.07) is 17.8. The highest BCUT2D eigenvalue weighted by Crippen LogP contribution is 2.37. The Morgan fingerprint density at radius 2 is 1.78 bits per heavy atom. The van der Waals surface area contributed by atoms with Crippen LogP contribution in [0.2, 0.25) is 5.02 Å². The highest BCUT2D eigenvalue weighted by Gasteiger charge is 2.22. The number of aromatic nitrogens is 3. The number of halogens is 2. The van der Waals surface area contributed by atoms with Crippen LogP contribution in [0.1, 0.15) is 0 Å². The first-order valence-corrected chi connectivity index (χ1v) is 9.23. The van der Waals surface area contributed by atoms with Crippen LogP contribution in [0.4, 0.5) is 0 Å². The molecule has 0 aliphatic rings. The van der Waals surface area contributed by atoms with Crippen molar-refractivity contribution in [2.24, 2.45) is 0 Å².